The molecule has 0 aromatic heterocycles. The lowest BCUT2D eigenvalue weighted by atomic mass is 9.49. The molecule has 3 nitrogen and oxygen atoms in total. The van der Waals surface area contributed by atoms with Crippen LogP contribution in [0.1, 0.15) is 64.7 Å². The van der Waals surface area contributed by atoms with E-state index < -0.39 is 0 Å². The lowest BCUT2D eigenvalue weighted by Gasteiger charge is -2.57. The Kier molecular flexibility index (Phi) is 4.07. The predicted octanol–water partition coefficient (Wildman–Crippen LogP) is 2.84. The second kappa shape index (κ2) is 5.67. The van der Waals surface area contributed by atoms with Crippen LogP contribution in [0.5, 0.6) is 0 Å². The first-order valence-corrected chi connectivity index (χ1v) is 8.63. The molecule has 20 heavy (non-hydrogen) atoms. The summed E-state index contributed by atoms with van der Waals surface area (Å²) >= 11 is 0. The molecular weight excluding hydrogens is 248 g/mol. The van der Waals surface area contributed by atoms with Gasteiger partial charge in [-0.3, -0.25) is 4.79 Å². The van der Waals surface area contributed by atoms with Crippen molar-refractivity contribution in [3.05, 3.63) is 0 Å². The number of amides is 1. The van der Waals surface area contributed by atoms with Crippen molar-refractivity contribution in [2.75, 3.05) is 6.54 Å². The summed E-state index contributed by atoms with van der Waals surface area (Å²) in [6.07, 6.45) is 11.4. The number of rotatable bonds is 6. The second-order valence-electron chi connectivity index (χ2n) is 7.88. The first-order chi connectivity index (χ1) is 9.60. The van der Waals surface area contributed by atoms with Gasteiger partial charge < -0.3 is 11.1 Å². The van der Waals surface area contributed by atoms with Crippen molar-refractivity contribution in [1.29, 1.82) is 0 Å². The van der Waals surface area contributed by atoms with E-state index in [-0.39, 0.29) is 11.9 Å². The number of hydrogen-bond donors (Lipinski definition) is 2. The van der Waals surface area contributed by atoms with E-state index in [1.807, 2.05) is 0 Å². The molecule has 4 aliphatic rings. The molecule has 0 saturated heterocycles. The maximum absolute atomic E-state index is 12.1. The van der Waals surface area contributed by atoms with Crippen molar-refractivity contribution < 1.29 is 4.79 Å². The summed E-state index contributed by atoms with van der Waals surface area (Å²) in [5.41, 5.74) is 6.39. The third-order valence-corrected chi connectivity index (χ3v) is 6.01. The van der Waals surface area contributed by atoms with Gasteiger partial charge in [0.15, 0.2) is 0 Å². The van der Waals surface area contributed by atoms with Gasteiger partial charge in [-0.25, -0.2) is 0 Å². The molecule has 4 aliphatic carbocycles. The van der Waals surface area contributed by atoms with Crippen molar-refractivity contribution in [3.8, 4) is 0 Å². The standard InChI is InChI=1S/C17H30N2O/c1-2-3-4-15(18)16(20)19-11-17-8-12-5-13(9-17)7-14(6-12)10-17/h12-15H,2-11,18H2,1H3,(H,19,20). The van der Waals surface area contributed by atoms with Crippen molar-refractivity contribution in [2.24, 2.45) is 28.9 Å². The van der Waals surface area contributed by atoms with Crippen LogP contribution in [-0.2, 0) is 4.79 Å². The van der Waals surface area contributed by atoms with Gasteiger partial charge in [0, 0.05) is 6.54 Å². The number of carbonyl (C=O) groups is 1. The van der Waals surface area contributed by atoms with Crippen LogP contribution in [0.15, 0.2) is 0 Å². The van der Waals surface area contributed by atoms with Crippen molar-refractivity contribution in [1.82, 2.24) is 5.32 Å². The van der Waals surface area contributed by atoms with Gasteiger partial charge >= 0.3 is 0 Å². The first kappa shape index (κ1) is 14.4. The third-order valence-electron chi connectivity index (χ3n) is 6.01. The molecule has 0 spiro atoms. The van der Waals surface area contributed by atoms with Gasteiger partial charge in [-0.2, -0.15) is 0 Å². The fraction of sp³-hybridized carbons (Fsp3) is 0.941. The van der Waals surface area contributed by atoms with Crippen molar-refractivity contribution in [2.45, 2.75) is 70.8 Å². The highest BCUT2D eigenvalue weighted by Crippen LogP contribution is 2.59. The summed E-state index contributed by atoms with van der Waals surface area (Å²) in [4.78, 5) is 12.1. The minimum atomic E-state index is -0.302. The Bertz CT molecular complexity index is 331. The lowest BCUT2D eigenvalue weighted by molar-refractivity contribution is -0.124. The van der Waals surface area contributed by atoms with E-state index in [2.05, 4.69) is 12.2 Å². The molecular formula is C17H30N2O. The molecule has 0 radical (unpaired) electrons. The molecule has 0 aliphatic heterocycles. The van der Waals surface area contributed by atoms with Crippen LogP contribution in [0.4, 0.5) is 0 Å². The number of hydrogen-bond acceptors (Lipinski definition) is 2. The van der Waals surface area contributed by atoms with Gasteiger partial charge in [0.2, 0.25) is 5.91 Å². The fourth-order valence-electron chi connectivity index (χ4n) is 5.47. The van der Waals surface area contributed by atoms with Crippen LogP contribution >= 0.6 is 0 Å². The highest BCUT2D eigenvalue weighted by atomic mass is 16.2. The molecule has 1 unspecified atom stereocenters. The summed E-state index contributed by atoms with van der Waals surface area (Å²) in [5.74, 6) is 2.93. The molecule has 0 aromatic rings. The largest absolute Gasteiger partial charge is 0.354 e. The van der Waals surface area contributed by atoms with Crippen LogP contribution in [0, 0.1) is 23.2 Å². The van der Waals surface area contributed by atoms with E-state index in [9.17, 15) is 4.79 Å². The van der Waals surface area contributed by atoms with E-state index >= 15 is 0 Å². The topological polar surface area (TPSA) is 55.1 Å². The zero-order chi connectivity index (χ0) is 14.2. The SMILES string of the molecule is CCCCC(N)C(=O)NCC12CC3CC(CC(C3)C1)C2. The van der Waals surface area contributed by atoms with Gasteiger partial charge in [-0.1, -0.05) is 19.8 Å². The third kappa shape index (κ3) is 2.88. The summed E-state index contributed by atoms with van der Waals surface area (Å²) in [7, 11) is 0. The molecule has 3 heteroatoms. The Morgan fingerprint density at radius 1 is 1.20 bits per heavy atom. The van der Waals surface area contributed by atoms with Gasteiger partial charge in [-0.15, -0.1) is 0 Å². The van der Waals surface area contributed by atoms with Crippen molar-refractivity contribution >= 4 is 5.91 Å². The van der Waals surface area contributed by atoms with E-state index in [1.165, 1.54) is 38.5 Å². The number of unbranched alkanes of at least 4 members (excludes halogenated alkanes) is 1. The molecule has 114 valence electrons. The van der Waals surface area contributed by atoms with Gasteiger partial charge in [0.1, 0.15) is 0 Å². The monoisotopic (exact) mass is 278 g/mol. The number of nitrogens with one attached hydrogen (secondary N) is 1. The molecule has 0 aromatic carbocycles. The van der Waals surface area contributed by atoms with E-state index in [4.69, 9.17) is 5.73 Å². The second-order valence-corrected chi connectivity index (χ2v) is 7.88. The van der Waals surface area contributed by atoms with Gasteiger partial charge in [-0.05, 0) is 68.1 Å². The average Bonchev–Trinajstić information content (AvgIpc) is 2.40. The van der Waals surface area contributed by atoms with Crippen LogP contribution in [-0.4, -0.2) is 18.5 Å². The maximum Gasteiger partial charge on any atom is 0.236 e. The normalized spacial score (nSPS) is 39.8. The molecule has 4 rings (SSSR count). The molecule has 1 amide bonds. The smallest absolute Gasteiger partial charge is 0.236 e. The summed E-state index contributed by atoms with van der Waals surface area (Å²) < 4.78 is 0. The first-order valence-electron chi connectivity index (χ1n) is 8.63. The molecule has 1 atom stereocenters. The van der Waals surface area contributed by atoms with Gasteiger partial charge in [0.05, 0.1) is 6.04 Å². The number of carbonyl (C=O) groups excluding carboxylic acids is 1. The quantitative estimate of drug-likeness (QED) is 0.785. The highest BCUT2D eigenvalue weighted by Gasteiger charge is 2.50. The molecule has 4 bridgehead atoms. The maximum atomic E-state index is 12.1. The van der Waals surface area contributed by atoms with E-state index in [1.54, 1.807) is 0 Å². The van der Waals surface area contributed by atoms with E-state index in [0.717, 1.165) is 43.6 Å². The Labute approximate surface area is 123 Å². The molecule has 4 saturated carbocycles. The summed E-state index contributed by atoms with van der Waals surface area (Å²) in [5, 5.41) is 3.18. The Morgan fingerprint density at radius 2 is 1.75 bits per heavy atom. The van der Waals surface area contributed by atoms with Crippen molar-refractivity contribution in [3.63, 3.8) is 0 Å². The molecule has 4 fully saturated rings. The highest BCUT2D eigenvalue weighted by molar-refractivity contribution is 5.81. The Morgan fingerprint density at radius 3 is 2.25 bits per heavy atom. The summed E-state index contributed by atoms with van der Waals surface area (Å²) in [6, 6.07) is -0.302. The van der Waals surface area contributed by atoms with Crippen LogP contribution in [0.25, 0.3) is 0 Å². The van der Waals surface area contributed by atoms with E-state index in [0.29, 0.717) is 5.41 Å². The van der Waals surface area contributed by atoms with Gasteiger partial charge in [0.25, 0.3) is 0 Å². The Balaban J connectivity index is 1.52. The zero-order valence-corrected chi connectivity index (χ0v) is 12.9. The average molecular weight is 278 g/mol. The lowest BCUT2D eigenvalue weighted by Crippen LogP contribution is -2.53. The predicted molar refractivity (Wildman–Crippen MR) is 81.1 cm³/mol. The summed E-state index contributed by atoms with van der Waals surface area (Å²) in [6.45, 7) is 3.02. The Hall–Kier alpha value is -0.570. The molecule has 3 N–H and O–H groups in total. The fourth-order valence-corrected chi connectivity index (χ4v) is 5.47. The molecule has 0 heterocycles. The minimum Gasteiger partial charge on any atom is -0.354 e. The zero-order valence-electron chi connectivity index (χ0n) is 12.9. The minimum absolute atomic E-state index is 0.0780. The van der Waals surface area contributed by atoms with Crippen LogP contribution < -0.4 is 11.1 Å². The van der Waals surface area contributed by atoms with Crippen LogP contribution in [0.3, 0.4) is 0 Å². The van der Waals surface area contributed by atoms with Crippen LogP contribution in [0.2, 0.25) is 0 Å². The number of nitrogens with two attached hydrogens (primary N) is 1.